The van der Waals surface area contributed by atoms with E-state index in [1.165, 1.54) is 11.1 Å². The van der Waals surface area contributed by atoms with Crippen LogP contribution in [0.1, 0.15) is 24.1 Å². The van der Waals surface area contributed by atoms with E-state index < -0.39 is 0 Å². The van der Waals surface area contributed by atoms with Crippen molar-refractivity contribution in [3.05, 3.63) is 58.7 Å². The highest BCUT2D eigenvalue weighted by atomic mass is 35.5. The molecule has 1 unspecified atom stereocenters. The summed E-state index contributed by atoms with van der Waals surface area (Å²) in [6.45, 7) is 4.24. The molecule has 0 saturated heterocycles. The molecule has 0 aliphatic rings. The van der Waals surface area contributed by atoms with Crippen LogP contribution in [0.4, 0.5) is 5.82 Å². The summed E-state index contributed by atoms with van der Waals surface area (Å²) in [6.07, 6.45) is 1.65. The van der Waals surface area contributed by atoms with Gasteiger partial charge in [0.05, 0.1) is 11.1 Å². The Bertz CT molecular complexity index is 494. The lowest BCUT2D eigenvalue weighted by molar-refractivity contribution is 0.865. The van der Waals surface area contributed by atoms with Gasteiger partial charge in [0.25, 0.3) is 0 Å². The normalized spacial score (nSPS) is 12.2. The number of nitrogens with zero attached hydrogens (tertiary/aromatic N) is 1. The number of benzene rings is 1. The highest BCUT2D eigenvalue weighted by Gasteiger charge is 2.07. The first-order valence-corrected chi connectivity index (χ1v) is 5.98. The summed E-state index contributed by atoms with van der Waals surface area (Å²) in [5.41, 5.74) is 2.56. The number of aromatic nitrogens is 1. The van der Waals surface area contributed by atoms with Crippen molar-refractivity contribution < 1.29 is 0 Å². The molecule has 0 spiro atoms. The Morgan fingerprint density at radius 2 is 1.94 bits per heavy atom. The fourth-order valence-corrected chi connectivity index (χ4v) is 1.95. The molecule has 2 nitrogen and oxygen atoms in total. The maximum atomic E-state index is 5.80. The number of hydrogen-bond acceptors (Lipinski definition) is 2. The van der Waals surface area contributed by atoms with Crippen molar-refractivity contribution in [1.29, 1.82) is 0 Å². The van der Waals surface area contributed by atoms with E-state index in [1.54, 1.807) is 6.20 Å². The predicted molar refractivity (Wildman–Crippen MR) is 72.5 cm³/mol. The maximum Gasteiger partial charge on any atom is 0.126 e. The van der Waals surface area contributed by atoms with Gasteiger partial charge in [-0.3, -0.25) is 0 Å². The minimum absolute atomic E-state index is 0.227. The molecule has 17 heavy (non-hydrogen) atoms. The van der Waals surface area contributed by atoms with E-state index in [-0.39, 0.29) is 6.04 Å². The second kappa shape index (κ2) is 5.19. The zero-order valence-electron chi connectivity index (χ0n) is 9.94. The summed E-state index contributed by atoms with van der Waals surface area (Å²) < 4.78 is 0. The van der Waals surface area contributed by atoms with Gasteiger partial charge in [-0.2, -0.15) is 0 Å². The molecule has 0 amide bonds. The molecule has 1 heterocycles. The van der Waals surface area contributed by atoms with Crippen LogP contribution < -0.4 is 5.32 Å². The fourth-order valence-electron chi connectivity index (χ4n) is 1.83. The van der Waals surface area contributed by atoms with Crippen molar-refractivity contribution in [2.45, 2.75) is 19.9 Å². The highest BCUT2D eigenvalue weighted by molar-refractivity contribution is 6.30. The van der Waals surface area contributed by atoms with Gasteiger partial charge in [0.15, 0.2) is 0 Å². The average molecular weight is 247 g/mol. The van der Waals surface area contributed by atoms with Crippen LogP contribution in [0.15, 0.2) is 42.6 Å². The molecule has 1 N–H and O–H groups in total. The molecule has 3 heteroatoms. The molecule has 1 aromatic carbocycles. The van der Waals surface area contributed by atoms with Gasteiger partial charge in [-0.25, -0.2) is 4.98 Å². The van der Waals surface area contributed by atoms with Crippen LogP contribution in [0.25, 0.3) is 0 Å². The molecule has 2 rings (SSSR count). The lowest BCUT2D eigenvalue weighted by Crippen LogP contribution is -2.08. The molecular formula is C14H15ClN2. The van der Waals surface area contributed by atoms with E-state index in [4.69, 9.17) is 11.6 Å². The van der Waals surface area contributed by atoms with Gasteiger partial charge in [-0.05, 0) is 37.1 Å². The van der Waals surface area contributed by atoms with Crippen molar-refractivity contribution in [3.63, 3.8) is 0 Å². The quantitative estimate of drug-likeness (QED) is 0.877. The lowest BCUT2D eigenvalue weighted by atomic mass is 10.0. The Hall–Kier alpha value is -1.54. The summed E-state index contributed by atoms with van der Waals surface area (Å²) in [7, 11) is 0. The third-order valence-electron chi connectivity index (χ3n) is 2.75. The number of rotatable bonds is 3. The second-order valence-electron chi connectivity index (χ2n) is 4.08. The van der Waals surface area contributed by atoms with E-state index in [1.807, 2.05) is 18.2 Å². The Labute approximate surface area is 107 Å². The summed E-state index contributed by atoms with van der Waals surface area (Å²) >= 11 is 5.80. The summed E-state index contributed by atoms with van der Waals surface area (Å²) in [5, 5.41) is 4.01. The van der Waals surface area contributed by atoms with E-state index in [0.717, 1.165) is 5.82 Å². The maximum absolute atomic E-state index is 5.80. The van der Waals surface area contributed by atoms with E-state index >= 15 is 0 Å². The van der Waals surface area contributed by atoms with Crippen LogP contribution in [-0.2, 0) is 0 Å². The first-order valence-electron chi connectivity index (χ1n) is 5.60. The van der Waals surface area contributed by atoms with Crippen LogP contribution in [-0.4, -0.2) is 4.98 Å². The number of nitrogens with one attached hydrogen (secondary N) is 1. The van der Waals surface area contributed by atoms with Crippen LogP contribution in [0.5, 0.6) is 0 Å². The summed E-state index contributed by atoms with van der Waals surface area (Å²) in [4.78, 5) is 4.23. The van der Waals surface area contributed by atoms with Crippen LogP contribution in [0.3, 0.4) is 0 Å². The van der Waals surface area contributed by atoms with Gasteiger partial charge in [0.2, 0.25) is 0 Å². The zero-order valence-corrected chi connectivity index (χ0v) is 10.7. The number of aryl methyl sites for hydroxylation is 1. The fraction of sp³-hybridized carbons (Fsp3) is 0.214. The van der Waals surface area contributed by atoms with Gasteiger partial charge in [-0.1, -0.05) is 35.9 Å². The smallest absolute Gasteiger partial charge is 0.126 e. The van der Waals surface area contributed by atoms with Crippen LogP contribution in [0, 0.1) is 6.92 Å². The van der Waals surface area contributed by atoms with Crippen molar-refractivity contribution in [3.8, 4) is 0 Å². The zero-order chi connectivity index (χ0) is 12.3. The number of pyridine rings is 1. The van der Waals surface area contributed by atoms with E-state index in [2.05, 4.69) is 42.3 Å². The number of anilines is 1. The molecule has 88 valence electrons. The molecule has 2 aromatic rings. The van der Waals surface area contributed by atoms with Gasteiger partial charge in [0.1, 0.15) is 5.82 Å². The molecule has 0 radical (unpaired) electrons. The molecule has 0 aliphatic heterocycles. The predicted octanol–water partition coefficient (Wildman–Crippen LogP) is 4.22. The van der Waals surface area contributed by atoms with Crippen molar-refractivity contribution >= 4 is 17.4 Å². The molecular weight excluding hydrogens is 232 g/mol. The SMILES string of the molecule is Cc1ccccc1C(C)Nc1ccc(Cl)cn1. The molecule has 0 saturated carbocycles. The van der Waals surface area contributed by atoms with Gasteiger partial charge in [0, 0.05) is 6.20 Å². The second-order valence-corrected chi connectivity index (χ2v) is 4.52. The third-order valence-corrected chi connectivity index (χ3v) is 2.97. The minimum atomic E-state index is 0.227. The van der Waals surface area contributed by atoms with Crippen molar-refractivity contribution in [1.82, 2.24) is 4.98 Å². The van der Waals surface area contributed by atoms with Crippen molar-refractivity contribution in [2.75, 3.05) is 5.32 Å². The topological polar surface area (TPSA) is 24.9 Å². The largest absolute Gasteiger partial charge is 0.364 e. The standard InChI is InChI=1S/C14H15ClN2/c1-10-5-3-4-6-13(10)11(2)17-14-8-7-12(15)9-16-14/h3-9,11H,1-2H3,(H,16,17). The number of halogens is 1. The van der Waals surface area contributed by atoms with E-state index in [9.17, 15) is 0 Å². The molecule has 0 bridgehead atoms. The summed E-state index contributed by atoms with van der Waals surface area (Å²) in [6, 6.07) is 12.3. The Balaban J connectivity index is 2.14. The van der Waals surface area contributed by atoms with Gasteiger partial charge in [-0.15, -0.1) is 0 Å². The highest BCUT2D eigenvalue weighted by Crippen LogP contribution is 2.21. The van der Waals surface area contributed by atoms with Gasteiger partial charge < -0.3 is 5.32 Å². The monoisotopic (exact) mass is 246 g/mol. The van der Waals surface area contributed by atoms with Crippen molar-refractivity contribution in [2.24, 2.45) is 0 Å². The molecule has 0 aliphatic carbocycles. The lowest BCUT2D eigenvalue weighted by Gasteiger charge is -2.17. The van der Waals surface area contributed by atoms with Gasteiger partial charge >= 0.3 is 0 Å². The Morgan fingerprint density at radius 1 is 1.18 bits per heavy atom. The van der Waals surface area contributed by atoms with E-state index in [0.29, 0.717) is 5.02 Å². The molecule has 0 fully saturated rings. The first-order chi connectivity index (χ1) is 8.16. The Morgan fingerprint density at radius 3 is 2.59 bits per heavy atom. The van der Waals surface area contributed by atoms with Crippen LogP contribution >= 0.6 is 11.6 Å². The van der Waals surface area contributed by atoms with Crippen LogP contribution in [0.2, 0.25) is 5.02 Å². The first kappa shape index (κ1) is 11.9. The molecule has 1 atom stereocenters. The minimum Gasteiger partial charge on any atom is -0.364 e. The Kier molecular flexibility index (Phi) is 3.64. The number of hydrogen-bond donors (Lipinski definition) is 1. The average Bonchev–Trinajstić information content (AvgIpc) is 2.32. The summed E-state index contributed by atoms with van der Waals surface area (Å²) in [5.74, 6) is 0.838. The molecule has 1 aromatic heterocycles. The third kappa shape index (κ3) is 2.98.